The van der Waals surface area contributed by atoms with Gasteiger partial charge >= 0.3 is 0 Å². The molecule has 1 unspecified atom stereocenters. The molecule has 2 heterocycles. The third-order valence-electron chi connectivity index (χ3n) is 8.46. The maximum atomic E-state index is 14.4. The summed E-state index contributed by atoms with van der Waals surface area (Å²) in [6.07, 6.45) is 6.93. The van der Waals surface area contributed by atoms with Gasteiger partial charge in [0.25, 0.3) is 5.91 Å². The molecular weight excluding hydrogens is 593 g/mol. The van der Waals surface area contributed by atoms with E-state index in [1.54, 1.807) is 50.9 Å². The maximum absolute atomic E-state index is 14.4. The SMILES string of the molecule is COc1cccc(/C=C2\CC(C)Cc3c2nc2ccccc2c3C(=O)Nc2ccc(Oc3cccc(F)c3)c3ccncc23)c1OC. The molecule has 0 saturated heterocycles. The van der Waals surface area contributed by atoms with Crippen molar-refractivity contribution in [2.24, 2.45) is 5.92 Å². The van der Waals surface area contributed by atoms with Crippen molar-refractivity contribution in [1.82, 2.24) is 9.97 Å². The van der Waals surface area contributed by atoms with E-state index in [9.17, 15) is 9.18 Å². The average molecular weight is 626 g/mol. The number of carbonyl (C=O) groups excluding carboxylic acids is 1. The van der Waals surface area contributed by atoms with Gasteiger partial charge in [-0.15, -0.1) is 0 Å². The van der Waals surface area contributed by atoms with E-state index in [1.165, 1.54) is 12.1 Å². The first-order valence-electron chi connectivity index (χ1n) is 15.4. The van der Waals surface area contributed by atoms with Crippen LogP contribution in [0.15, 0.2) is 97.3 Å². The minimum absolute atomic E-state index is 0.240. The molecule has 7 rings (SSSR count). The van der Waals surface area contributed by atoms with E-state index in [0.29, 0.717) is 46.1 Å². The Labute approximate surface area is 271 Å². The Hall–Kier alpha value is -5.76. The molecule has 234 valence electrons. The number of benzene rings is 4. The third-order valence-corrected chi connectivity index (χ3v) is 8.46. The van der Waals surface area contributed by atoms with Crippen LogP contribution in [0.1, 0.15) is 40.5 Å². The van der Waals surface area contributed by atoms with Crippen molar-refractivity contribution in [2.75, 3.05) is 19.5 Å². The second-order valence-electron chi connectivity index (χ2n) is 11.6. The van der Waals surface area contributed by atoms with Crippen molar-refractivity contribution < 1.29 is 23.4 Å². The number of halogens is 1. The predicted molar refractivity (Wildman–Crippen MR) is 183 cm³/mol. The third kappa shape index (κ3) is 5.74. The van der Waals surface area contributed by atoms with E-state index in [1.807, 2.05) is 48.5 Å². The number of ether oxygens (including phenoxy) is 3. The lowest BCUT2D eigenvalue weighted by molar-refractivity contribution is 0.102. The van der Waals surface area contributed by atoms with Crippen molar-refractivity contribution in [3.05, 3.63) is 126 Å². The first-order valence-corrected chi connectivity index (χ1v) is 15.4. The standard InChI is InChI=1S/C39H32FN3O4/c1-23-18-25(20-24-8-6-13-35(45-2)38(24)46-3)37-30(19-23)36(29-11-4-5-12-32(29)42-37)39(44)43-33-14-15-34(28-16-17-41-22-31(28)33)47-27-10-7-9-26(40)21-27/h4-17,20-23H,18-19H2,1-3H3,(H,43,44)/b25-20+. The van der Waals surface area contributed by atoms with Crippen molar-refractivity contribution in [1.29, 1.82) is 0 Å². The Bertz CT molecular complexity index is 2200. The zero-order valence-corrected chi connectivity index (χ0v) is 26.2. The van der Waals surface area contributed by atoms with Gasteiger partial charge in [-0.1, -0.05) is 43.3 Å². The predicted octanol–water partition coefficient (Wildman–Crippen LogP) is 9.11. The van der Waals surface area contributed by atoms with Crippen molar-refractivity contribution in [3.8, 4) is 23.0 Å². The molecule has 47 heavy (non-hydrogen) atoms. The summed E-state index contributed by atoms with van der Waals surface area (Å²) in [5.41, 5.74) is 5.53. The molecule has 1 N–H and O–H groups in total. The Morgan fingerprint density at radius 3 is 2.57 bits per heavy atom. The number of amides is 1. The van der Waals surface area contributed by atoms with Crippen molar-refractivity contribution in [3.63, 3.8) is 0 Å². The minimum atomic E-state index is -0.389. The number of nitrogens with one attached hydrogen (secondary N) is 1. The van der Waals surface area contributed by atoms with Gasteiger partial charge in [0.1, 0.15) is 17.3 Å². The van der Waals surface area contributed by atoms with Crippen LogP contribution < -0.4 is 19.5 Å². The fourth-order valence-corrected chi connectivity index (χ4v) is 6.41. The summed E-state index contributed by atoms with van der Waals surface area (Å²) in [5.74, 6) is 1.83. The van der Waals surface area contributed by atoms with Crippen molar-refractivity contribution >= 4 is 44.9 Å². The second-order valence-corrected chi connectivity index (χ2v) is 11.6. The number of nitrogens with zero attached hydrogens (tertiary/aromatic N) is 2. The molecule has 8 heteroatoms. The van der Waals surface area contributed by atoms with E-state index in [0.717, 1.165) is 45.1 Å². The summed E-state index contributed by atoms with van der Waals surface area (Å²) in [6, 6.07) is 24.9. The van der Waals surface area contributed by atoms with Crippen LogP contribution in [-0.4, -0.2) is 30.1 Å². The minimum Gasteiger partial charge on any atom is -0.493 e. The smallest absolute Gasteiger partial charge is 0.256 e. The van der Waals surface area contributed by atoms with Gasteiger partial charge in [0.2, 0.25) is 0 Å². The summed E-state index contributed by atoms with van der Waals surface area (Å²) in [7, 11) is 3.25. The van der Waals surface area contributed by atoms with Crippen LogP contribution in [0, 0.1) is 11.7 Å². The molecule has 0 spiro atoms. The number of carbonyl (C=O) groups is 1. The first kappa shape index (κ1) is 29.9. The summed E-state index contributed by atoms with van der Waals surface area (Å²) in [6.45, 7) is 2.19. The van der Waals surface area contributed by atoms with E-state index < -0.39 is 0 Å². The Morgan fingerprint density at radius 1 is 0.894 bits per heavy atom. The Morgan fingerprint density at radius 2 is 1.74 bits per heavy atom. The molecule has 7 nitrogen and oxygen atoms in total. The number of hydrogen-bond acceptors (Lipinski definition) is 6. The van der Waals surface area contributed by atoms with Gasteiger partial charge in [-0.3, -0.25) is 9.78 Å². The van der Waals surface area contributed by atoms with Crippen LogP contribution in [0.4, 0.5) is 10.1 Å². The topological polar surface area (TPSA) is 82.6 Å². The lowest BCUT2D eigenvalue weighted by atomic mass is 9.80. The summed E-state index contributed by atoms with van der Waals surface area (Å²) in [4.78, 5) is 23.9. The Balaban J connectivity index is 1.33. The Kier molecular flexibility index (Phi) is 8.00. The van der Waals surface area contributed by atoms with E-state index in [-0.39, 0.29) is 17.6 Å². The number of aromatic nitrogens is 2. The average Bonchev–Trinajstić information content (AvgIpc) is 3.08. The van der Waals surface area contributed by atoms with Gasteiger partial charge in [0.15, 0.2) is 11.5 Å². The highest BCUT2D eigenvalue weighted by Gasteiger charge is 2.29. The van der Waals surface area contributed by atoms with Crippen LogP contribution in [-0.2, 0) is 6.42 Å². The van der Waals surface area contributed by atoms with Crippen molar-refractivity contribution in [2.45, 2.75) is 19.8 Å². The fraction of sp³-hybridized carbons (Fsp3) is 0.154. The number of pyridine rings is 2. The molecule has 1 atom stereocenters. The lowest BCUT2D eigenvalue weighted by Crippen LogP contribution is -2.21. The highest BCUT2D eigenvalue weighted by atomic mass is 19.1. The van der Waals surface area contributed by atoms with E-state index >= 15 is 0 Å². The van der Waals surface area contributed by atoms with E-state index in [4.69, 9.17) is 19.2 Å². The second kappa shape index (κ2) is 12.6. The van der Waals surface area contributed by atoms with Gasteiger partial charge in [0, 0.05) is 40.2 Å². The van der Waals surface area contributed by atoms with E-state index in [2.05, 4.69) is 23.3 Å². The van der Waals surface area contributed by atoms with Gasteiger partial charge in [-0.05, 0) is 78.4 Å². The van der Waals surface area contributed by atoms with Crippen LogP contribution in [0.5, 0.6) is 23.0 Å². The summed E-state index contributed by atoms with van der Waals surface area (Å²) >= 11 is 0. The molecular formula is C39H32FN3O4. The highest BCUT2D eigenvalue weighted by Crippen LogP contribution is 2.41. The molecule has 4 aromatic carbocycles. The zero-order chi connectivity index (χ0) is 32.5. The molecule has 0 aliphatic heterocycles. The van der Waals surface area contributed by atoms with Crippen LogP contribution >= 0.6 is 0 Å². The largest absolute Gasteiger partial charge is 0.493 e. The van der Waals surface area contributed by atoms with Crippen LogP contribution in [0.25, 0.3) is 33.3 Å². The fourth-order valence-electron chi connectivity index (χ4n) is 6.41. The zero-order valence-electron chi connectivity index (χ0n) is 26.2. The number of allylic oxidation sites excluding steroid dienone is 1. The summed E-state index contributed by atoms with van der Waals surface area (Å²) in [5, 5.41) is 5.39. The van der Waals surface area contributed by atoms with Gasteiger partial charge in [-0.25, -0.2) is 9.37 Å². The van der Waals surface area contributed by atoms with Crippen LogP contribution in [0.3, 0.4) is 0 Å². The van der Waals surface area contributed by atoms with Crippen LogP contribution in [0.2, 0.25) is 0 Å². The van der Waals surface area contributed by atoms with Gasteiger partial charge < -0.3 is 19.5 Å². The quantitative estimate of drug-likeness (QED) is 0.191. The summed E-state index contributed by atoms with van der Waals surface area (Å²) < 4.78 is 31.2. The number of fused-ring (bicyclic) bond motifs is 3. The molecule has 1 aliphatic rings. The molecule has 6 aromatic rings. The number of methoxy groups -OCH3 is 2. The highest BCUT2D eigenvalue weighted by molar-refractivity contribution is 6.17. The molecule has 1 amide bonds. The first-order chi connectivity index (χ1) is 22.9. The molecule has 0 radical (unpaired) electrons. The number of anilines is 1. The number of rotatable bonds is 7. The van der Waals surface area contributed by atoms with Gasteiger partial charge in [0.05, 0.1) is 36.7 Å². The molecule has 2 aromatic heterocycles. The molecule has 1 aliphatic carbocycles. The number of hydrogen-bond donors (Lipinski definition) is 1. The lowest BCUT2D eigenvalue weighted by Gasteiger charge is -2.27. The molecule has 0 fully saturated rings. The van der Waals surface area contributed by atoms with Gasteiger partial charge in [-0.2, -0.15) is 0 Å². The normalized spacial score (nSPS) is 15.0. The number of para-hydroxylation sites is 2. The monoisotopic (exact) mass is 625 g/mol. The maximum Gasteiger partial charge on any atom is 0.256 e. The molecule has 0 saturated carbocycles. The molecule has 0 bridgehead atoms.